The van der Waals surface area contributed by atoms with Crippen molar-refractivity contribution in [3.05, 3.63) is 40.5 Å². The fourth-order valence-corrected chi connectivity index (χ4v) is 3.18. The van der Waals surface area contributed by atoms with Crippen molar-refractivity contribution in [3.8, 4) is 0 Å². The van der Waals surface area contributed by atoms with E-state index in [-0.39, 0.29) is 22.2 Å². The number of carbonyl (C=O) groups is 2. The van der Waals surface area contributed by atoms with E-state index in [9.17, 15) is 9.59 Å². The number of aromatic carboxylic acids is 1. The molecule has 2 N–H and O–H groups in total. The zero-order valence-electron chi connectivity index (χ0n) is 10.9. The summed E-state index contributed by atoms with van der Waals surface area (Å²) < 4.78 is 3.94. The van der Waals surface area contributed by atoms with Gasteiger partial charge in [-0.2, -0.15) is 4.37 Å². The average Bonchev–Trinajstić information content (AvgIpc) is 2.79. The number of rotatable bonds is 5. The molecule has 0 spiro atoms. The molecule has 0 unspecified atom stereocenters. The highest BCUT2D eigenvalue weighted by atomic mass is 35.5. The van der Waals surface area contributed by atoms with Crippen LogP contribution in [0.2, 0.25) is 5.02 Å². The van der Waals surface area contributed by atoms with Crippen LogP contribution in [0.15, 0.2) is 29.2 Å². The largest absolute Gasteiger partial charge is 0.478 e. The Kier molecular flexibility index (Phi) is 5.22. The number of hydrogen-bond acceptors (Lipinski definition) is 5. The number of benzene rings is 1. The number of thioether (sulfide) groups is 1. The zero-order chi connectivity index (χ0) is 15.4. The Bertz CT molecular complexity index is 671. The van der Waals surface area contributed by atoms with E-state index in [4.69, 9.17) is 16.7 Å². The molecule has 0 saturated carbocycles. The van der Waals surface area contributed by atoms with Crippen molar-refractivity contribution in [2.75, 3.05) is 11.1 Å². The van der Waals surface area contributed by atoms with Gasteiger partial charge in [0.25, 0.3) is 0 Å². The van der Waals surface area contributed by atoms with Crippen LogP contribution in [0, 0.1) is 6.92 Å². The molecule has 2 aromatic rings. The lowest BCUT2D eigenvalue weighted by Gasteiger charge is -2.04. The Morgan fingerprint density at radius 2 is 2.05 bits per heavy atom. The predicted octanol–water partition coefficient (Wildman–Crippen LogP) is 3.53. The van der Waals surface area contributed by atoms with Crippen LogP contribution in [0.1, 0.15) is 16.1 Å². The highest BCUT2D eigenvalue weighted by Crippen LogP contribution is 2.25. The van der Waals surface area contributed by atoms with Crippen molar-refractivity contribution in [2.24, 2.45) is 0 Å². The third-order valence-corrected chi connectivity index (χ3v) is 4.63. The number of carbonyl (C=O) groups excluding carboxylic acids is 1. The standard InChI is InChI=1S/C13H11ClN2O3S2/c1-7-11(13(18)19)12(21-16-7)15-10(17)6-20-9-4-2-8(14)3-5-9/h2-5H,6H2,1H3,(H,15,17)(H,18,19). The minimum absolute atomic E-state index is 0.0462. The number of hydrogen-bond donors (Lipinski definition) is 2. The van der Waals surface area contributed by atoms with Gasteiger partial charge in [0.15, 0.2) is 0 Å². The number of amides is 1. The predicted molar refractivity (Wildman–Crippen MR) is 84.6 cm³/mol. The number of halogens is 1. The minimum atomic E-state index is -1.10. The summed E-state index contributed by atoms with van der Waals surface area (Å²) in [6.45, 7) is 1.60. The number of aromatic nitrogens is 1. The summed E-state index contributed by atoms with van der Waals surface area (Å²) in [4.78, 5) is 23.9. The quantitative estimate of drug-likeness (QED) is 0.812. The summed E-state index contributed by atoms with van der Waals surface area (Å²) >= 11 is 8.09. The molecule has 0 bridgehead atoms. The number of aryl methyl sites for hydroxylation is 1. The summed E-state index contributed by atoms with van der Waals surface area (Å²) in [6, 6.07) is 7.13. The Morgan fingerprint density at radius 3 is 2.67 bits per heavy atom. The molecule has 0 atom stereocenters. The first-order chi connectivity index (χ1) is 9.97. The van der Waals surface area contributed by atoms with Crippen LogP contribution in [-0.4, -0.2) is 27.1 Å². The normalized spacial score (nSPS) is 10.4. The molecule has 1 amide bonds. The Morgan fingerprint density at radius 1 is 1.38 bits per heavy atom. The molecule has 0 aliphatic heterocycles. The van der Waals surface area contributed by atoms with Gasteiger partial charge in [0.2, 0.25) is 5.91 Å². The van der Waals surface area contributed by atoms with Crippen molar-refractivity contribution < 1.29 is 14.7 Å². The Hall–Kier alpha value is -1.57. The molecule has 0 fully saturated rings. The minimum Gasteiger partial charge on any atom is -0.478 e. The van der Waals surface area contributed by atoms with Gasteiger partial charge in [-0.3, -0.25) is 4.79 Å². The van der Waals surface area contributed by atoms with Gasteiger partial charge in [-0.25, -0.2) is 4.79 Å². The van der Waals surface area contributed by atoms with Gasteiger partial charge in [-0.1, -0.05) is 11.6 Å². The molecule has 5 nitrogen and oxygen atoms in total. The number of carboxylic acid groups (broad SMARTS) is 1. The number of nitrogens with zero attached hydrogens (tertiary/aromatic N) is 1. The molecule has 0 radical (unpaired) electrons. The van der Waals surface area contributed by atoms with Crippen LogP contribution >= 0.6 is 34.9 Å². The van der Waals surface area contributed by atoms with E-state index < -0.39 is 5.97 Å². The molecule has 0 aliphatic carbocycles. The molecule has 0 saturated heterocycles. The van der Waals surface area contributed by atoms with Gasteiger partial charge in [0.1, 0.15) is 10.6 Å². The molecule has 1 aromatic heterocycles. The lowest BCUT2D eigenvalue weighted by Crippen LogP contribution is -2.15. The third kappa shape index (κ3) is 4.20. The summed E-state index contributed by atoms with van der Waals surface area (Å²) in [7, 11) is 0. The smallest absolute Gasteiger partial charge is 0.340 e. The highest BCUT2D eigenvalue weighted by molar-refractivity contribution is 8.00. The Labute approximate surface area is 134 Å². The van der Waals surface area contributed by atoms with Gasteiger partial charge in [0, 0.05) is 9.92 Å². The van der Waals surface area contributed by atoms with E-state index in [1.165, 1.54) is 11.8 Å². The molecular formula is C13H11ClN2O3S2. The van der Waals surface area contributed by atoms with E-state index in [0.717, 1.165) is 16.4 Å². The second-order valence-electron chi connectivity index (χ2n) is 4.07. The number of nitrogens with one attached hydrogen (secondary N) is 1. The number of carboxylic acids is 1. The van der Waals surface area contributed by atoms with E-state index in [2.05, 4.69) is 9.69 Å². The molecule has 21 heavy (non-hydrogen) atoms. The molecule has 8 heteroatoms. The van der Waals surface area contributed by atoms with Crippen LogP contribution in [0.25, 0.3) is 0 Å². The molecular weight excluding hydrogens is 332 g/mol. The fraction of sp³-hybridized carbons (Fsp3) is 0.154. The lowest BCUT2D eigenvalue weighted by atomic mass is 10.2. The first kappa shape index (κ1) is 15.8. The molecule has 0 aliphatic rings. The maximum atomic E-state index is 11.9. The number of anilines is 1. The first-order valence-electron chi connectivity index (χ1n) is 5.85. The van der Waals surface area contributed by atoms with Gasteiger partial charge in [0.05, 0.1) is 11.4 Å². The van der Waals surface area contributed by atoms with Crippen LogP contribution in [0.3, 0.4) is 0 Å². The molecule has 1 heterocycles. The van der Waals surface area contributed by atoms with Crippen molar-refractivity contribution in [1.29, 1.82) is 0 Å². The Balaban J connectivity index is 1.96. The average molecular weight is 343 g/mol. The SMILES string of the molecule is Cc1nsc(NC(=O)CSc2ccc(Cl)cc2)c1C(=O)O. The van der Waals surface area contributed by atoms with E-state index >= 15 is 0 Å². The summed E-state index contributed by atoms with van der Waals surface area (Å²) in [5.74, 6) is -1.19. The maximum Gasteiger partial charge on any atom is 0.340 e. The second-order valence-corrected chi connectivity index (χ2v) is 6.33. The zero-order valence-corrected chi connectivity index (χ0v) is 13.3. The van der Waals surface area contributed by atoms with Crippen LogP contribution in [-0.2, 0) is 4.79 Å². The van der Waals surface area contributed by atoms with Crippen molar-refractivity contribution in [2.45, 2.75) is 11.8 Å². The summed E-state index contributed by atoms with van der Waals surface area (Å²) in [6.07, 6.45) is 0. The van der Waals surface area contributed by atoms with Gasteiger partial charge >= 0.3 is 5.97 Å². The van der Waals surface area contributed by atoms with E-state index in [1.54, 1.807) is 19.1 Å². The van der Waals surface area contributed by atoms with Crippen LogP contribution < -0.4 is 5.32 Å². The summed E-state index contributed by atoms with van der Waals surface area (Å²) in [5.41, 5.74) is 0.443. The van der Waals surface area contributed by atoms with Crippen molar-refractivity contribution in [1.82, 2.24) is 4.37 Å². The maximum absolute atomic E-state index is 11.9. The molecule has 110 valence electrons. The van der Waals surface area contributed by atoms with E-state index in [0.29, 0.717) is 10.7 Å². The van der Waals surface area contributed by atoms with Gasteiger partial charge in [-0.15, -0.1) is 11.8 Å². The summed E-state index contributed by atoms with van der Waals surface area (Å²) in [5, 5.41) is 12.6. The fourth-order valence-electron chi connectivity index (χ4n) is 1.55. The first-order valence-corrected chi connectivity index (χ1v) is 7.99. The lowest BCUT2D eigenvalue weighted by molar-refractivity contribution is -0.113. The van der Waals surface area contributed by atoms with Crippen molar-refractivity contribution in [3.63, 3.8) is 0 Å². The highest BCUT2D eigenvalue weighted by Gasteiger charge is 2.19. The monoisotopic (exact) mass is 342 g/mol. The second kappa shape index (κ2) is 6.93. The van der Waals surface area contributed by atoms with Crippen LogP contribution in [0.5, 0.6) is 0 Å². The van der Waals surface area contributed by atoms with Crippen molar-refractivity contribution >= 4 is 51.8 Å². The topological polar surface area (TPSA) is 79.3 Å². The third-order valence-electron chi connectivity index (χ3n) is 2.51. The van der Waals surface area contributed by atoms with Gasteiger partial charge < -0.3 is 10.4 Å². The molecule has 2 rings (SSSR count). The van der Waals surface area contributed by atoms with Crippen LogP contribution in [0.4, 0.5) is 5.00 Å². The van der Waals surface area contributed by atoms with E-state index in [1.807, 2.05) is 12.1 Å². The molecule has 1 aromatic carbocycles. The van der Waals surface area contributed by atoms with Gasteiger partial charge in [-0.05, 0) is 42.7 Å².